The van der Waals surface area contributed by atoms with Crippen molar-refractivity contribution in [2.75, 3.05) is 4.90 Å². The first kappa shape index (κ1) is 39.6. The number of para-hydroxylation sites is 2. The van der Waals surface area contributed by atoms with Crippen LogP contribution in [0.3, 0.4) is 0 Å². The molecule has 1 aliphatic carbocycles. The summed E-state index contributed by atoms with van der Waals surface area (Å²) >= 11 is 0. The third-order valence-electron chi connectivity index (χ3n) is 13.2. The van der Waals surface area contributed by atoms with Gasteiger partial charge in [0.2, 0.25) is 17.2 Å². The second-order valence-electron chi connectivity index (χ2n) is 18.4. The van der Waals surface area contributed by atoms with Crippen LogP contribution in [0.5, 0.6) is 40.2 Å². The zero-order valence-electron chi connectivity index (χ0n) is 36.0. The fourth-order valence-electron chi connectivity index (χ4n) is 9.95. The fraction of sp³-hybridized carbons (Fsp3) is 0.127. The SMILES string of the molecule is CC(C)(C)c1ccc(-c2c(O)c(-c3c(O)c(O)c(O)c(O)c3O)c(O)c3c2C(C)(C)c2cc(N(c4ccc5c(c4)oc4ccccc45)c4cccc5oc6ccccc6c45)ccc2-3)cc1. The van der Waals surface area contributed by atoms with E-state index in [0.29, 0.717) is 39.0 Å². The lowest BCUT2D eigenvalue weighted by atomic mass is 9.76. The third kappa shape index (κ3) is 5.59. The lowest BCUT2D eigenvalue weighted by Crippen LogP contribution is -2.18. The van der Waals surface area contributed by atoms with Crippen LogP contribution in [-0.2, 0) is 10.8 Å². The summed E-state index contributed by atoms with van der Waals surface area (Å²) in [4.78, 5) is 2.16. The van der Waals surface area contributed by atoms with Crippen molar-refractivity contribution in [1.82, 2.24) is 0 Å². The van der Waals surface area contributed by atoms with Gasteiger partial charge in [0.25, 0.3) is 0 Å². The number of fused-ring (bicyclic) bond motifs is 9. The predicted molar refractivity (Wildman–Crippen MR) is 254 cm³/mol. The average molecular weight is 862 g/mol. The second kappa shape index (κ2) is 13.6. The van der Waals surface area contributed by atoms with Crippen molar-refractivity contribution >= 4 is 60.9 Å². The van der Waals surface area contributed by atoms with Gasteiger partial charge in [-0.1, -0.05) is 107 Å². The normalized spacial score (nSPS) is 13.2. The van der Waals surface area contributed by atoms with Crippen LogP contribution in [-0.4, -0.2) is 35.7 Å². The number of benzene rings is 8. The molecule has 1 aliphatic rings. The van der Waals surface area contributed by atoms with Crippen molar-refractivity contribution in [3.8, 4) is 73.6 Å². The van der Waals surface area contributed by atoms with Crippen LogP contribution in [0.15, 0.2) is 136 Å². The van der Waals surface area contributed by atoms with Gasteiger partial charge in [-0.3, -0.25) is 0 Å². The van der Waals surface area contributed by atoms with E-state index in [9.17, 15) is 35.7 Å². The average Bonchev–Trinajstić information content (AvgIpc) is 3.94. The Balaban J connectivity index is 1.19. The Kier molecular flexibility index (Phi) is 8.30. The van der Waals surface area contributed by atoms with Crippen molar-refractivity contribution in [3.63, 3.8) is 0 Å². The first-order valence-corrected chi connectivity index (χ1v) is 21.2. The number of hydrogen-bond acceptors (Lipinski definition) is 10. The molecule has 0 fully saturated rings. The van der Waals surface area contributed by atoms with Crippen molar-refractivity contribution in [1.29, 1.82) is 0 Å². The van der Waals surface area contributed by atoms with Crippen LogP contribution in [0, 0.1) is 0 Å². The van der Waals surface area contributed by atoms with E-state index in [2.05, 4.69) is 49.9 Å². The Labute approximate surface area is 372 Å². The quantitative estimate of drug-likeness (QED) is 0.0652. The smallest absolute Gasteiger partial charge is 0.208 e. The zero-order chi connectivity index (χ0) is 45.4. The number of furan rings is 2. The Morgan fingerprint density at radius 3 is 1.69 bits per heavy atom. The Morgan fingerprint density at radius 2 is 1.00 bits per heavy atom. The highest BCUT2D eigenvalue weighted by molar-refractivity contribution is 6.14. The number of aromatic hydroxyl groups is 7. The van der Waals surface area contributed by atoms with E-state index < -0.39 is 56.8 Å². The first-order chi connectivity index (χ1) is 31.1. The summed E-state index contributed by atoms with van der Waals surface area (Å²) < 4.78 is 12.8. The van der Waals surface area contributed by atoms with E-state index in [-0.39, 0.29) is 5.41 Å². The van der Waals surface area contributed by atoms with E-state index in [1.807, 2.05) is 117 Å². The van der Waals surface area contributed by atoms with E-state index >= 15 is 0 Å². The molecule has 10 nitrogen and oxygen atoms in total. The summed E-state index contributed by atoms with van der Waals surface area (Å²) in [5.74, 6) is -6.60. The van der Waals surface area contributed by atoms with E-state index in [4.69, 9.17) is 8.83 Å². The predicted octanol–water partition coefficient (Wildman–Crippen LogP) is 13.8. The molecule has 0 saturated heterocycles. The van der Waals surface area contributed by atoms with Crippen molar-refractivity contribution in [2.45, 2.75) is 45.4 Å². The largest absolute Gasteiger partial charge is 0.506 e. The fourth-order valence-corrected chi connectivity index (χ4v) is 9.95. The first-order valence-electron chi connectivity index (χ1n) is 21.2. The second-order valence-corrected chi connectivity index (χ2v) is 18.4. The zero-order valence-corrected chi connectivity index (χ0v) is 36.0. The summed E-state index contributed by atoms with van der Waals surface area (Å²) in [5, 5.41) is 83.0. The molecular weight excluding hydrogens is 819 g/mol. The van der Waals surface area contributed by atoms with Gasteiger partial charge in [-0.25, -0.2) is 0 Å². The van der Waals surface area contributed by atoms with Gasteiger partial charge < -0.3 is 49.5 Å². The molecule has 11 rings (SSSR count). The summed E-state index contributed by atoms with van der Waals surface area (Å²) in [5.41, 5.74) is 7.28. The summed E-state index contributed by atoms with van der Waals surface area (Å²) in [6.07, 6.45) is 0. The molecule has 0 saturated carbocycles. The summed E-state index contributed by atoms with van der Waals surface area (Å²) in [7, 11) is 0. The van der Waals surface area contributed by atoms with Gasteiger partial charge >= 0.3 is 0 Å². The van der Waals surface area contributed by atoms with Gasteiger partial charge in [0.05, 0.1) is 22.2 Å². The highest BCUT2D eigenvalue weighted by Gasteiger charge is 2.44. The van der Waals surface area contributed by atoms with Gasteiger partial charge in [0.1, 0.15) is 33.8 Å². The van der Waals surface area contributed by atoms with E-state index in [1.54, 1.807) is 0 Å². The number of hydrogen-bond donors (Lipinski definition) is 7. The molecule has 2 heterocycles. The molecule has 0 aliphatic heterocycles. The molecule has 65 heavy (non-hydrogen) atoms. The topological polar surface area (TPSA) is 171 Å². The molecule has 322 valence electrons. The van der Waals surface area contributed by atoms with Gasteiger partial charge in [0.15, 0.2) is 11.5 Å². The van der Waals surface area contributed by atoms with Crippen LogP contribution in [0.2, 0.25) is 0 Å². The number of nitrogens with zero attached hydrogens (tertiary/aromatic N) is 1. The molecule has 0 bridgehead atoms. The van der Waals surface area contributed by atoms with Gasteiger partial charge in [0, 0.05) is 50.1 Å². The molecule has 0 atom stereocenters. The van der Waals surface area contributed by atoms with Crippen molar-refractivity contribution in [2.24, 2.45) is 0 Å². The van der Waals surface area contributed by atoms with Gasteiger partial charge in [-0.15, -0.1) is 0 Å². The number of phenols is 7. The van der Waals surface area contributed by atoms with Crippen molar-refractivity contribution in [3.05, 3.63) is 144 Å². The Bertz CT molecular complexity index is 3620. The maximum atomic E-state index is 12.5. The number of rotatable bonds is 5. The Hall–Kier alpha value is -8.24. The molecule has 0 amide bonds. The molecule has 2 aromatic heterocycles. The Morgan fingerprint density at radius 1 is 0.462 bits per heavy atom. The minimum absolute atomic E-state index is 0.193. The maximum absolute atomic E-state index is 12.5. The lowest BCUT2D eigenvalue weighted by molar-refractivity contribution is 0.329. The molecule has 8 aromatic carbocycles. The standard InChI is InChI=1S/C55H43NO9/c1-54(2,3)28-19-17-27(18-20-28)41-46-43(48(58)44(47(41)57)45-49(59)51(61)53(63)52(62)50(45)60)33-24-22-29(25-35(33)55(46,4)5)56(30-21-23-32-31-11-6-8-14-37(31)65-40(32)26-30)36-13-10-16-39-42(36)34-12-7-9-15-38(34)64-39/h6-26,57-63H,1-5H3. The highest BCUT2D eigenvalue weighted by Crippen LogP contribution is 2.65. The molecule has 7 N–H and O–H groups in total. The third-order valence-corrected chi connectivity index (χ3v) is 13.2. The van der Waals surface area contributed by atoms with E-state index in [1.165, 1.54) is 0 Å². The van der Waals surface area contributed by atoms with Gasteiger partial charge in [-0.05, 0) is 81.8 Å². The van der Waals surface area contributed by atoms with Crippen LogP contribution >= 0.6 is 0 Å². The minimum Gasteiger partial charge on any atom is -0.506 e. The van der Waals surface area contributed by atoms with Gasteiger partial charge in [-0.2, -0.15) is 0 Å². The maximum Gasteiger partial charge on any atom is 0.208 e. The molecule has 10 heteroatoms. The summed E-state index contributed by atoms with van der Waals surface area (Å²) in [6.45, 7) is 10.3. The molecule has 0 radical (unpaired) electrons. The monoisotopic (exact) mass is 861 g/mol. The summed E-state index contributed by atoms with van der Waals surface area (Å²) in [6, 6.07) is 41.6. The lowest BCUT2D eigenvalue weighted by Gasteiger charge is -2.29. The number of phenolic OH excluding ortho intramolecular Hbond substituents is 7. The van der Waals surface area contributed by atoms with Crippen LogP contribution in [0.25, 0.3) is 77.3 Å². The van der Waals surface area contributed by atoms with Crippen molar-refractivity contribution < 1.29 is 44.6 Å². The van der Waals surface area contributed by atoms with E-state index in [0.717, 1.165) is 60.9 Å². The van der Waals surface area contributed by atoms with Crippen LogP contribution in [0.1, 0.15) is 51.3 Å². The minimum atomic E-state index is -1.16. The number of anilines is 3. The highest BCUT2D eigenvalue weighted by atomic mass is 16.4. The molecular formula is C55H43NO9. The molecule has 0 spiro atoms. The van der Waals surface area contributed by atoms with Crippen LogP contribution < -0.4 is 4.90 Å². The molecule has 10 aromatic rings. The molecule has 0 unspecified atom stereocenters. The van der Waals surface area contributed by atoms with Crippen LogP contribution in [0.4, 0.5) is 17.1 Å².